The monoisotopic (exact) mass is 536 g/mol. The highest BCUT2D eigenvalue weighted by molar-refractivity contribution is 7.94. The minimum atomic E-state index is -2.63. The molecular weight excluding hydrogens is 511 g/mol. The van der Waals surface area contributed by atoms with Crippen LogP contribution in [0.25, 0.3) is 0 Å². The lowest BCUT2D eigenvalue weighted by molar-refractivity contribution is 0.624. The SMILES string of the molecule is c1ccc(O[P+]2=NP(c3ccccc3)(c3ccccc3)=NP(c3ccccc3)(c3ccccc3)=N2)cc1. The van der Waals surface area contributed by atoms with Gasteiger partial charge in [0.1, 0.15) is 0 Å². The number of rotatable bonds is 6. The van der Waals surface area contributed by atoms with Gasteiger partial charge in [-0.25, -0.2) is 9.04 Å². The Morgan fingerprint density at radius 1 is 0.432 bits per heavy atom. The normalized spacial score (nSPS) is 16.5. The van der Waals surface area contributed by atoms with Crippen molar-refractivity contribution >= 4 is 43.7 Å². The fourth-order valence-corrected chi connectivity index (χ4v) is 15.9. The van der Waals surface area contributed by atoms with Gasteiger partial charge in [0.05, 0.1) is 0 Å². The zero-order valence-electron chi connectivity index (χ0n) is 20.0. The lowest BCUT2D eigenvalue weighted by Gasteiger charge is -2.27. The number of nitrogens with zero attached hydrogens (tertiary/aromatic N) is 3. The maximum atomic E-state index is 6.58. The Bertz CT molecular complexity index is 1470. The highest BCUT2D eigenvalue weighted by Gasteiger charge is 2.44. The second kappa shape index (κ2) is 10.4. The lowest BCUT2D eigenvalue weighted by atomic mass is 10.3. The van der Waals surface area contributed by atoms with Gasteiger partial charge < -0.3 is 0 Å². The molecule has 1 heterocycles. The van der Waals surface area contributed by atoms with E-state index in [9.17, 15) is 0 Å². The highest BCUT2D eigenvalue weighted by Crippen LogP contribution is 2.71. The van der Waals surface area contributed by atoms with Crippen molar-refractivity contribution in [3.05, 3.63) is 152 Å². The Balaban J connectivity index is 1.76. The first-order valence-electron chi connectivity index (χ1n) is 12.0. The summed E-state index contributed by atoms with van der Waals surface area (Å²) in [5.74, 6) is 0.765. The zero-order valence-corrected chi connectivity index (χ0v) is 22.7. The topological polar surface area (TPSA) is 46.3 Å². The third-order valence-electron chi connectivity index (χ3n) is 6.07. The van der Waals surface area contributed by atoms with Gasteiger partial charge in [-0.05, 0) is 12.1 Å². The smallest absolute Gasteiger partial charge is 0.247 e. The van der Waals surface area contributed by atoms with Crippen LogP contribution < -0.4 is 25.7 Å². The van der Waals surface area contributed by atoms with Gasteiger partial charge in [0, 0.05) is 30.2 Å². The quantitative estimate of drug-likeness (QED) is 0.202. The van der Waals surface area contributed by atoms with Crippen molar-refractivity contribution in [1.29, 1.82) is 0 Å². The van der Waals surface area contributed by atoms with Crippen LogP contribution in [0.4, 0.5) is 0 Å². The van der Waals surface area contributed by atoms with Crippen molar-refractivity contribution in [3.8, 4) is 5.75 Å². The fourth-order valence-electron chi connectivity index (χ4n) is 4.33. The van der Waals surface area contributed by atoms with E-state index in [2.05, 4.69) is 97.1 Å². The van der Waals surface area contributed by atoms with Crippen molar-refractivity contribution in [2.75, 3.05) is 0 Å². The molecule has 1 unspecified atom stereocenters. The van der Waals surface area contributed by atoms with E-state index in [0.29, 0.717) is 0 Å². The molecule has 5 aromatic rings. The summed E-state index contributed by atoms with van der Waals surface area (Å²) in [6.07, 6.45) is 0. The van der Waals surface area contributed by atoms with E-state index in [1.54, 1.807) is 0 Å². The molecule has 0 N–H and O–H groups in total. The van der Waals surface area contributed by atoms with Gasteiger partial charge in [-0.3, -0.25) is 0 Å². The van der Waals surface area contributed by atoms with Gasteiger partial charge in [-0.15, -0.1) is 0 Å². The van der Waals surface area contributed by atoms with Gasteiger partial charge in [-0.1, -0.05) is 140 Å². The maximum Gasteiger partial charge on any atom is 0.590 e. The zero-order chi connectivity index (χ0) is 25.0. The molecule has 6 rings (SSSR count). The summed E-state index contributed by atoms with van der Waals surface area (Å²) in [6, 6.07) is 51.8. The molecule has 0 amide bonds. The number of hydrogen-bond donors (Lipinski definition) is 0. The molecule has 0 saturated carbocycles. The summed E-state index contributed by atoms with van der Waals surface area (Å²) in [5.41, 5.74) is 0. The Labute approximate surface area is 218 Å². The Hall–Kier alpha value is -3.54. The number of hydrogen-bond acceptors (Lipinski definition) is 4. The molecule has 0 fully saturated rings. The predicted octanol–water partition coefficient (Wildman–Crippen LogP) is 8.11. The van der Waals surface area contributed by atoms with Crippen LogP contribution in [0.5, 0.6) is 5.75 Å². The molecule has 1 atom stereocenters. The molecule has 37 heavy (non-hydrogen) atoms. The Morgan fingerprint density at radius 3 is 1.19 bits per heavy atom. The van der Waals surface area contributed by atoms with E-state index in [1.165, 1.54) is 0 Å². The van der Waals surface area contributed by atoms with Gasteiger partial charge in [-0.2, -0.15) is 0 Å². The van der Waals surface area contributed by atoms with Crippen LogP contribution in [0.3, 0.4) is 0 Å². The van der Waals surface area contributed by atoms with Crippen LogP contribution in [0.1, 0.15) is 0 Å². The molecule has 0 bridgehead atoms. The average molecular weight is 536 g/mol. The van der Waals surface area contributed by atoms with Gasteiger partial charge in [0.2, 0.25) is 0 Å². The maximum absolute atomic E-state index is 6.58. The average Bonchev–Trinajstić information content (AvgIpc) is 2.99. The molecule has 0 radical (unpaired) electrons. The third-order valence-corrected chi connectivity index (χ3v) is 15.9. The minimum absolute atomic E-state index is 0.765. The largest absolute Gasteiger partial charge is 0.590 e. The lowest BCUT2D eigenvalue weighted by Crippen LogP contribution is -2.20. The van der Waals surface area contributed by atoms with Crippen molar-refractivity contribution in [3.63, 3.8) is 0 Å². The van der Waals surface area contributed by atoms with E-state index in [4.69, 9.17) is 18.1 Å². The van der Waals surface area contributed by atoms with Crippen molar-refractivity contribution in [2.45, 2.75) is 0 Å². The molecular formula is C30H25N3OP3+. The van der Waals surface area contributed by atoms with Gasteiger partial charge >= 0.3 is 8.09 Å². The summed E-state index contributed by atoms with van der Waals surface area (Å²) >= 11 is 0. The standard InChI is InChI=1S/C30H25N3OP3/c1-6-16-26(17-7-1)34-35-31-36(27-18-8-2-9-19-27,28-20-10-3-11-21-28)33-37(32-35,29-22-12-4-13-23-29)30-24-14-5-15-25-30/h1-25H/q+1. The van der Waals surface area contributed by atoms with Crippen molar-refractivity contribution in [2.24, 2.45) is 13.5 Å². The first-order valence-corrected chi connectivity index (χ1v) is 16.6. The summed E-state index contributed by atoms with van der Waals surface area (Å²) < 4.78 is 23.3. The van der Waals surface area contributed by atoms with E-state index in [-0.39, 0.29) is 0 Å². The second-order valence-corrected chi connectivity index (χ2v) is 15.8. The first kappa shape index (κ1) is 23.8. The molecule has 0 aromatic heterocycles. The third kappa shape index (κ3) is 4.65. The van der Waals surface area contributed by atoms with Crippen LogP contribution in [0.2, 0.25) is 0 Å². The summed E-state index contributed by atoms with van der Waals surface area (Å²) in [6.45, 7) is 0. The van der Waals surface area contributed by atoms with E-state index < -0.39 is 22.5 Å². The molecule has 180 valence electrons. The highest BCUT2D eigenvalue weighted by atomic mass is 31.2. The second-order valence-electron chi connectivity index (χ2n) is 8.47. The summed E-state index contributed by atoms with van der Waals surface area (Å²) in [5, 5.41) is 4.43. The van der Waals surface area contributed by atoms with E-state index >= 15 is 0 Å². The van der Waals surface area contributed by atoms with Crippen LogP contribution in [-0.4, -0.2) is 0 Å². The van der Waals surface area contributed by atoms with Crippen LogP contribution in [-0.2, 0) is 0 Å². The molecule has 1 aliphatic rings. The van der Waals surface area contributed by atoms with Crippen LogP contribution in [0.15, 0.2) is 165 Å². The molecule has 0 saturated heterocycles. The van der Waals surface area contributed by atoms with Gasteiger partial charge in [0.15, 0.2) is 20.2 Å². The number of benzene rings is 5. The Morgan fingerprint density at radius 2 is 0.784 bits per heavy atom. The number of para-hydroxylation sites is 1. The summed E-state index contributed by atoms with van der Waals surface area (Å²) in [7, 11) is -6.83. The fraction of sp³-hybridized carbons (Fsp3) is 0. The first-order chi connectivity index (χ1) is 18.3. The Kier molecular flexibility index (Phi) is 6.73. The van der Waals surface area contributed by atoms with E-state index in [1.807, 2.05) is 54.6 Å². The van der Waals surface area contributed by atoms with Crippen molar-refractivity contribution < 1.29 is 4.52 Å². The van der Waals surface area contributed by atoms with Crippen LogP contribution >= 0.6 is 22.5 Å². The van der Waals surface area contributed by atoms with Crippen LogP contribution in [0, 0.1) is 0 Å². The molecule has 1 aliphatic heterocycles. The van der Waals surface area contributed by atoms with Crippen molar-refractivity contribution in [1.82, 2.24) is 0 Å². The molecule has 5 aromatic carbocycles. The minimum Gasteiger partial charge on any atom is -0.247 e. The molecule has 7 heteroatoms. The molecule has 0 aliphatic carbocycles. The summed E-state index contributed by atoms with van der Waals surface area (Å²) in [4.78, 5) is 0. The van der Waals surface area contributed by atoms with E-state index in [0.717, 1.165) is 27.0 Å². The molecule has 0 spiro atoms. The predicted molar refractivity (Wildman–Crippen MR) is 159 cm³/mol. The van der Waals surface area contributed by atoms with Gasteiger partial charge in [0.25, 0.3) is 0 Å². The molecule has 4 nitrogen and oxygen atoms in total.